The van der Waals surface area contributed by atoms with E-state index in [0.29, 0.717) is 30.4 Å². The summed E-state index contributed by atoms with van der Waals surface area (Å²) in [5.74, 6) is 0.250. The maximum absolute atomic E-state index is 13.2. The lowest BCUT2D eigenvalue weighted by Crippen LogP contribution is -2.53. The number of rotatable bonds is 9. The fourth-order valence-corrected chi connectivity index (χ4v) is 7.81. The predicted octanol–water partition coefficient (Wildman–Crippen LogP) is 7.37. The lowest BCUT2D eigenvalue weighted by molar-refractivity contribution is -0.148. The van der Waals surface area contributed by atoms with Gasteiger partial charge in [0.05, 0.1) is 7.11 Å². The number of hydrogen-bond acceptors (Lipinski definition) is 5. The fraction of sp³-hybridized carbons (Fsp3) is 0.594. The SMILES string of the molecule is COC(=O)C1(Nc2cccc(Cl)c2)CCC2(CC1)c1ccccc1CC2CC(CO)CO[Si](C)(C)C(C)(C)C. The van der Waals surface area contributed by atoms with Gasteiger partial charge in [-0.05, 0) is 97.3 Å². The Kier molecular flexibility index (Phi) is 8.92. The lowest BCUT2D eigenvalue weighted by atomic mass is 9.59. The van der Waals surface area contributed by atoms with Crippen molar-refractivity contribution in [2.24, 2.45) is 11.8 Å². The van der Waals surface area contributed by atoms with Crippen molar-refractivity contribution in [3.05, 3.63) is 64.7 Å². The molecule has 39 heavy (non-hydrogen) atoms. The minimum Gasteiger partial charge on any atom is -0.467 e. The highest BCUT2D eigenvalue weighted by Crippen LogP contribution is 2.56. The second-order valence-electron chi connectivity index (χ2n) is 13.3. The molecule has 1 fully saturated rings. The van der Waals surface area contributed by atoms with Crippen LogP contribution in [0.15, 0.2) is 48.5 Å². The van der Waals surface area contributed by atoms with E-state index in [1.165, 1.54) is 18.2 Å². The molecule has 4 rings (SSSR count). The molecule has 1 saturated carbocycles. The summed E-state index contributed by atoms with van der Waals surface area (Å²) < 4.78 is 11.9. The van der Waals surface area contributed by atoms with Crippen LogP contribution in [0.3, 0.4) is 0 Å². The molecule has 2 N–H and O–H groups in total. The van der Waals surface area contributed by atoms with E-state index in [0.717, 1.165) is 31.4 Å². The van der Waals surface area contributed by atoms with E-state index in [4.69, 9.17) is 20.8 Å². The summed E-state index contributed by atoms with van der Waals surface area (Å²) in [6, 6.07) is 16.3. The second-order valence-corrected chi connectivity index (χ2v) is 18.5. The number of carbonyl (C=O) groups is 1. The molecule has 0 aromatic heterocycles. The van der Waals surface area contributed by atoms with Crippen molar-refractivity contribution in [3.63, 3.8) is 0 Å². The smallest absolute Gasteiger partial charge is 0.331 e. The maximum Gasteiger partial charge on any atom is 0.331 e. The van der Waals surface area contributed by atoms with Crippen molar-refractivity contribution in [2.75, 3.05) is 25.6 Å². The topological polar surface area (TPSA) is 67.8 Å². The largest absolute Gasteiger partial charge is 0.467 e. The van der Waals surface area contributed by atoms with Gasteiger partial charge in [0.2, 0.25) is 0 Å². The Balaban J connectivity index is 1.58. The molecule has 0 bridgehead atoms. The number of fused-ring (bicyclic) bond motifs is 2. The van der Waals surface area contributed by atoms with Gasteiger partial charge in [-0.2, -0.15) is 0 Å². The van der Waals surface area contributed by atoms with Crippen molar-refractivity contribution in [1.29, 1.82) is 0 Å². The Labute approximate surface area is 240 Å². The maximum atomic E-state index is 13.2. The summed E-state index contributed by atoms with van der Waals surface area (Å²) in [4.78, 5) is 13.2. The van der Waals surface area contributed by atoms with Crippen LogP contribution in [0.2, 0.25) is 23.2 Å². The van der Waals surface area contributed by atoms with E-state index in [2.05, 4.69) is 63.4 Å². The molecule has 0 aliphatic heterocycles. The Morgan fingerprint density at radius 1 is 1.13 bits per heavy atom. The molecule has 1 spiro atoms. The molecular weight excluding hydrogens is 526 g/mol. The number of nitrogens with one attached hydrogen (secondary N) is 1. The van der Waals surface area contributed by atoms with E-state index in [-0.39, 0.29) is 28.9 Å². The first-order valence-electron chi connectivity index (χ1n) is 14.3. The molecule has 0 saturated heterocycles. The number of aliphatic hydroxyl groups excluding tert-OH is 1. The van der Waals surface area contributed by atoms with Gasteiger partial charge < -0.3 is 19.6 Å². The first-order valence-corrected chi connectivity index (χ1v) is 17.6. The number of aliphatic hydroxyl groups is 1. The van der Waals surface area contributed by atoms with Gasteiger partial charge in [0, 0.05) is 29.8 Å². The molecule has 0 radical (unpaired) electrons. The lowest BCUT2D eigenvalue weighted by Gasteiger charge is -2.48. The van der Waals surface area contributed by atoms with Crippen LogP contribution in [0.1, 0.15) is 64.0 Å². The molecule has 2 aliphatic rings. The number of methoxy groups -OCH3 is 1. The number of carbonyl (C=O) groups excluding carboxylic acids is 1. The molecule has 5 nitrogen and oxygen atoms in total. The normalized spacial score (nSPS) is 25.8. The van der Waals surface area contributed by atoms with Crippen LogP contribution in [0.5, 0.6) is 0 Å². The quantitative estimate of drug-likeness (QED) is 0.243. The van der Waals surface area contributed by atoms with Gasteiger partial charge in [-0.25, -0.2) is 4.79 Å². The van der Waals surface area contributed by atoms with Crippen molar-refractivity contribution >= 4 is 31.6 Å². The number of halogens is 1. The third-order valence-corrected chi connectivity index (χ3v) is 14.7. The monoisotopic (exact) mass is 571 g/mol. The fourth-order valence-electron chi connectivity index (χ4n) is 6.53. The van der Waals surface area contributed by atoms with Crippen LogP contribution in [0.4, 0.5) is 5.69 Å². The standard InChI is InChI=1S/C32H46ClNO4Si/c1-30(2,3)39(5,6)38-22-23(21-35)18-25-19-24-10-7-8-13-28(24)31(25)14-16-32(17-15-31,29(36)37-4)34-27-12-9-11-26(33)20-27/h7-13,20,23,25,34-35H,14-19,21-22H2,1-6H3. The summed E-state index contributed by atoms with van der Waals surface area (Å²) in [6.45, 7) is 12.0. The highest BCUT2D eigenvalue weighted by atomic mass is 35.5. The number of anilines is 1. The molecule has 0 amide bonds. The zero-order valence-electron chi connectivity index (χ0n) is 24.5. The Morgan fingerprint density at radius 2 is 1.82 bits per heavy atom. The molecule has 2 unspecified atom stereocenters. The highest BCUT2D eigenvalue weighted by Gasteiger charge is 2.54. The van der Waals surface area contributed by atoms with Gasteiger partial charge in [0.1, 0.15) is 5.54 Å². The summed E-state index contributed by atoms with van der Waals surface area (Å²) >= 11 is 6.25. The zero-order valence-corrected chi connectivity index (χ0v) is 26.2. The minimum atomic E-state index is -1.91. The molecule has 2 aromatic rings. The third-order valence-electron chi connectivity index (χ3n) is 9.94. The number of esters is 1. The summed E-state index contributed by atoms with van der Waals surface area (Å²) in [5, 5.41) is 14.7. The molecule has 2 aromatic carbocycles. The van der Waals surface area contributed by atoms with Gasteiger partial charge >= 0.3 is 5.97 Å². The Bertz CT molecular complexity index is 1150. The average molecular weight is 572 g/mol. The number of ether oxygens (including phenoxy) is 1. The van der Waals surface area contributed by atoms with E-state index in [1.807, 2.05) is 24.3 Å². The zero-order chi connectivity index (χ0) is 28.5. The molecule has 0 heterocycles. The van der Waals surface area contributed by atoms with E-state index < -0.39 is 13.9 Å². The molecule has 7 heteroatoms. The van der Waals surface area contributed by atoms with Crippen molar-refractivity contribution in [1.82, 2.24) is 0 Å². The second kappa shape index (κ2) is 11.6. The minimum absolute atomic E-state index is 0.0332. The average Bonchev–Trinajstić information content (AvgIpc) is 3.19. The third kappa shape index (κ3) is 6.09. The van der Waals surface area contributed by atoms with Crippen LogP contribution in [0, 0.1) is 11.8 Å². The molecule has 2 aliphatic carbocycles. The van der Waals surface area contributed by atoms with Gasteiger partial charge in [-0.15, -0.1) is 0 Å². The molecule has 2 atom stereocenters. The van der Waals surface area contributed by atoms with E-state index >= 15 is 0 Å². The van der Waals surface area contributed by atoms with E-state index in [9.17, 15) is 9.90 Å². The van der Waals surface area contributed by atoms with Crippen molar-refractivity contribution in [2.45, 2.75) is 88.4 Å². The highest BCUT2D eigenvalue weighted by molar-refractivity contribution is 6.74. The first kappa shape index (κ1) is 30.1. The molecule has 214 valence electrons. The Hall–Kier alpha value is -1.86. The predicted molar refractivity (Wildman–Crippen MR) is 162 cm³/mol. The van der Waals surface area contributed by atoms with Crippen LogP contribution in [-0.4, -0.2) is 45.3 Å². The van der Waals surface area contributed by atoms with Gasteiger partial charge in [0.15, 0.2) is 8.32 Å². The first-order chi connectivity index (χ1) is 18.4. The van der Waals surface area contributed by atoms with Gasteiger partial charge in [-0.1, -0.05) is 62.7 Å². The van der Waals surface area contributed by atoms with Gasteiger partial charge in [-0.3, -0.25) is 0 Å². The number of benzene rings is 2. The Morgan fingerprint density at radius 3 is 2.44 bits per heavy atom. The van der Waals surface area contributed by atoms with Crippen LogP contribution in [-0.2, 0) is 25.8 Å². The van der Waals surface area contributed by atoms with Crippen molar-refractivity contribution in [3.8, 4) is 0 Å². The molecular formula is C32H46ClNO4Si. The van der Waals surface area contributed by atoms with Gasteiger partial charge in [0.25, 0.3) is 0 Å². The van der Waals surface area contributed by atoms with Crippen LogP contribution < -0.4 is 5.32 Å². The van der Waals surface area contributed by atoms with E-state index in [1.54, 1.807) is 0 Å². The summed E-state index contributed by atoms with van der Waals surface area (Å²) in [7, 11) is -0.440. The summed E-state index contributed by atoms with van der Waals surface area (Å²) in [5.41, 5.74) is 2.81. The summed E-state index contributed by atoms with van der Waals surface area (Å²) in [6.07, 6.45) is 4.99. The number of hydrogen-bond donors (Lipinski definition) is 2. The van der Waals surface area contributed by atoms with Crippen LogP contribution in [0.25, 0.3) is 0 Å². The van der Waals surface area contributed by atoms with Crippen LogP contribution >= 0.6 is 11.6 Å². The van der Waals surface area contributed by atoms with Crippen molar-refractivity contribution < 1.29 is 19.1 Å².